The summed E-state index contributed by atoms with van der Waals surface area (Å²) in [5, 5.41) is 4.04. The summed E-state index contributed by atoms with van der Waals surface area (Å²) in [6.45, 7) is 1.08. The fraction of sp³-hybridized carbons (Fsp3) is 0.353. The fourth-order valence-corrected chi connectivity index (χ4v) is 3.32. The smallest absolute Gasteiger partial charge is 0.312 e. The van der Waals surface area contributed by atoms with Gasteiger partial charge in [0.25, 0.3) is 0 Å². The van der Waals surface area contributed by atoms with E-state index in [1.807, 2.05) is 6.07 Å². The van der Waals surface area contributed by atoms with E-state index in [9.17, 15) is 4.39 Å². The van der Waals surface area contributed by atoms with Gasteiger partial charge in [0, 0.05) is 13.2 Å². The Bertz CT molecular complexity index is 942. The number of hydrogen-bond acceptors (Lipinski definition) is 5. The third-order valence-electron chi connectivity index (χ3n) is 4.30. The van der Waals surface area contributed by atoms with Gasteiger partial charge in [-0.05, 0) is 37.0 Å². The second-order valence-corrected chi connectivity index (χ2v) is 6.90. The number of aromatic nitrogens is 4. The summed E-state index contributed by atoms with van der Waals surface area (Å²) < 4.78 is 21.5. The van der Waals surface area contributed by atoms with Crippen LogP contribution in [0.2, 0.25) is 10.0 Å². The molecule has 1 atom stereocenters. The van der Waals surface area contributed by atoms with Crippen LogP contribution < -0.4 is 5.32 Å². The van der Waals surface area contributed by atoms with Crippen LogP contribution in [0.4, 0.5) is 10.2 Å². The minimum absolute atomic E-state index is 0.175. The van der Waals surface area contributed by atoms with Gasteiger partial charge in [0.05, 0.1) is 16.4 Å². The first kappa shape index (κ1) is 17.5. The number of anilines is 1. The summed E-state index contributed by atoms with van der Waals surface area (Å²) in [4.78, 5) is 12.1. The molecule has 1 aromatic carbocycles. The molecule has 0 bridgehead atoms. The molecule has 136 valence electrons. The Balaban J connectivity index is 1.62. The monoisotopic (exact) mass is 395 g/mol. The standard InChI is InChI=1S/C17H16Cl2FN5O/c18-11-5-4-10(7-12(11)19)8-21-15-14-16(24-17(20)23-15)25(9-22-14)13-3-1-2-6-26-13/h4-5,7,9,13H,1-3,6,8H2,(H,21,23,24). The van der Waals surface area contributed by atoms with Crippen LogP contribution in [0, 0.1) is 6.08 Å². The van der Waals surface area contributed by atoms with Gasteiger partial charge in [-0.25, -0.2) is 4.98 Å². The van der Waals surface area contributed by atoms with E-state index < -0.39 is 6.08 Å². The molecule has 3 heterocycles. The van der Waals surface area contributed by atoms with Crippen LogP contribution in [0.25, 0.3) is 11.2 Å². The van der Waals surface area contributed by atoms with Crippen LogP contribution in [-0.2, 0) is 11.3 Å². The molecule has 1 N–H and O–H groups in total. The Kier molecular flexibility index (Phi) is 4.93. The van der Waals surface area contributed by atoms with Crippen molar-refractivity contribution in [3.63, 3.8) is 0 Å². The largest absolute Gasteiger partial charge is 0.364 e. The highest BCUT2D eigenvalue weighted by atomic mass is 35.5. The predicted octanol–water partition coefficient (Wildman–Crippen LogP) is 4.58. The van der Waals surface area contributed by atoms with Gasteiger partial charge in [-0.3, -0.25) is 4.57 Å². The molecule has 1 saturated heterocycles. The first-order valence-corrected chi connectivity index (χ1v) is 9.07. The summed E-state index contributed by atoms with van der Waals surface area (Å²) in [6, 6.07) is 5.30. The van der Waals surface area contributed by atoms with Crippen LogP contribution in [-0.4, -0.2) is 26.1 Å². The van der Waals surface area contributed by atoms with Crippen molar-refractivity contribution in [3.8, 4) is 0 Å². The molecule has 3 aromatic rings. The van der Waals surface area contributed by atoms with Crippen LogP contribution in [0.3, 0.4) is 0 Å². The average Bonchev–Trinajstić information content (AvgIpc) is 3.07. The van der Waals surface area contributed by atoms with Gasteiger partial charge in [-0.1, -0.05) is 29.3 Å². The van der Waals surface area contributed by atoms with Crippen LogP contribution in [0.1, 0.15) is 31.1 Å². The zero-order chi connectivity index (χ0) is 18.1. The highest BCUT2D eigenvalue weighted by Crippen LogP contribution is 2.28. The molecule has 2 aromatic heterocycles. The molecule has 0 amide bonds. The van der Waals surface area contributed by atoms with E-state index in [2.05, 4.69) is 20.3 Å². The maximum atomic E-state index is 14.0. The lowest BCUT2D eigenvalue weighted by molar-refractivity contribution is -0.0298. The maximum absolute atomic E-state index is 14.0. The number of nitrogens with zero attached hydrogens (tertiary/aromatic N) is 4. The summed E-state index contributed by atoms with van der Waals surface area (Å²) in [5.41, 5.74) is 1.81. The molecule has 1 unspecified atom stereocenters. The van der Waals surface area contributed by atoms with Gasteiger partial charge in [0.2, 0.25) is 0 Å². The van der Waals surface area contributed by atoms with Crippen molar-refractivity contribution >= 4 is 40.2 Å². The van der Waals surface area contributed by atoms with E-state index in [0.29, 0.717) is 40.2 Å². The third-order valence-corrected chi connectivity index (χ3v) is 5.04. The molecule has 9 heteroatoms. The van der Waals surface area contributed by atoms with E-state index in [1.54, 1.807) is 23.0 Å². The fourth-order valence-electron chi connectivity index (χ4n) is 3.00. The van der Waals surface area contributed by atoms with Crippen LogP contribution in [0.5, 0.6) is 0 Å². The van der Waals surface area contributed by atoms with Crippen molar-refractivity contribution in [2.24, 2.45) is 0 Å². The van der Waals surface area contributed by atoms with Gasteiger partial charge in [-0.2, -0.15) is 14.4 Å². The number of hydrogen-bond donors (Lipinski definition) is 1. The lowest BCUT2D eigenvalue weighted by atomic mass is 10.2. The van der Waals surface area contributed by atoms with E-state index in [-0.39, 0.29) is 6.23 Å². The van der Waals surface area contributed by atoms with Gasteiger partial charge in [0.1, 0.15) is 6.23 Å². The summed E-state index contributed by atoms with van der Waals surface area (Å²) in [7, 11) is 0. The first-order chi connectivity index (χ1) is 12.6. The highest BCUT2D eigenvalue weighted by Gasteiger charge is 2.21. The van der Waals surface area contributed by atoms with Gasteiger partial charge < -0.3 is 10.1 Å². The third kappa shape index (κ3) is 3.47. The molecular weight excluding hydrogens is 380 g/mol. The summed E-state index contributed by atoms with van der Waals surface area (Å²) in [5.74, 6) is 0.327. The molecule has 1 aliphatic rings. The van der Waals surface area contributed by atoms with Crippen molar-refractivity contribution in [2.75, 3.05) is 11.9 Å². The van der Waals surface area contributed by atoms with Crippen molar-refractivity contribution in [1.82, 2.24) is 19.5 Å². The van der Waals surface area contributed by atoms with E-state index in [1.165, 1.54) is 0 Å². The van der Waals surface area contributed by atoms with Gasteiger partial charge in [-0.15, -0.1) is 0 Å². The van der Waals surface area contributed by atoms with Crippen LogP contribution in [0.15, 0.2) is 24.5 Å². The normalized spacial score (nSPS) is 17.6. The van der Waals surface area contributed by atoms with E-state index in [4.69, 9.17) is 27.9 Å². The molecule has 0 radical (unpaired) electrons. The molecule has 1 aliphatic heterocycles. The summed E-state index contributed by atoms with van der Waals surface area (Å²) in [6.07, 6.45) is 3.57. The highest BCUT2D eigenvalue weighted by molar-refractivity contribution is 6.42. The Morgan fingerprint density at radius 2 is 2.12 bits per heavy atom. The topological polar surface area (TPSA) is 64.9 Å². The second kappa shape index (κ2) is 7.34. The zero-order valence-corrected chi connectivity index (χ0v) is 15.3. The molecule has 26 heavy (non-hydrogen) atoms. The Morgan fingerprint density at radius 3 is 2.88 bits per heavy atom. The number of nitrogens with one attached hydrogen (secondary N) is 1. The molecule has 0 saturated carbocycles. The van der Waals surface area contributed by atoms with Crippen LogP contribution >= 0.6 is 23.2 Å². The number of ether oxygens (including phenoxy) is 1. The quantitative estimate of drug-likeness (QED) is 0.654. The van der Waals surface area contributed by atoms with E-state index >= 15 is 0 Å². The lowest BCUT2D eigenvalue weighted by Gasteiger charge is -2.23. The number of benzene rings is 1. The van der Waals surface area contributed by atoms with E-state index in [0.717, 1.165) is 24.8 Å². The average molecular weight is 396 g/mol. The predicted molar refractivity (Wildman–Crippen MR) is 97.9 cm³/mol. The van der Waals surface area contributed by atoms with Crippen molar-refractivity contribution in [2.45, 2.75) is 32.0 Å². The molecular formula is C17H16Cl2FN5O. The molecule has 0 spiro atoms. The number of fused-ring (bicyclic) bond motifs is 1. The Labute approximate surface area is 159 Å². The Morgan fingerprint density at radius 1 is 1.23 bits per heavy atom. The van der Waals surface area contributed by atoms with Crippen molar-refractivity contribution in [1.29, 1.82) is 0 Å². The number of rotatable bonds is 4. The van der Waals surface area contributed by atoms with Gasteiger partial charge >= 0.3 is 6.08 Å². The summed E-state index contributed by atoms with van der Waals surface area (Å²) >= 11 is 12.0. The molecule has 0 aliphatic carbocycles. The molecule has 6 nitrogen and oxygen atoms in total. The van der Waals surface area contributed by atoms with Crippen molar-refractivity contribution in [3.05, 3.63) is 46.2 Å². The zero-order valence-electron chi connectivity index (χ0n) is 13.8. The second-order valence-electron chi connectivity index (χ2n) is 6.09. The SMILES string of the molecule is Fc1nc(NCc2ccc(Cl)c(Cl)c2)c2ncn(C3CCCCO3)c2n1. The molecule has 1 fully saturated rings. The lowest BCUT2D eigenvalue weighted by Crippen LogP contribution is -2.18. The first-order valence-electron chi connectivity index (χ1n) is 8.31. The number of imidazole rings is 1. The molecule has 4 rings (SSSR count). The minimum Gasteiger partial charge on any atom is -0.364 e. The minimum atomic E-state index is -0.813. The van der Waals surface area contributed by atoms with Crippen molar-refractivity contribution < 1.29 is 9.13 Å². The number of halogens is 3. The maximum Gasteiger partial charge on any atom is 0.312 e. The Hall–Kier alpha value is -1.96. The van der Waals surface area contributed by atoms with Gasteiger partial charge in [0.15, 0.2) is 17.0 Å².